The first-order valence-electron chi connectivity index (χ1n) is 4.00. The van der Waals surface area contributed by atoms with E-state index in [0.717, 1.165) is 0 Å². The van der Waals surface area contributed by atoms with Gasteiger partial charge >= 0.3 is 5.97 Å². The summed E-state index contributed by atoms with van der Waals surface area (Å²) >= 11 is 0. The number of nitrogens with zero attached hydrogens (tertiary/aromatic N) is 1. The molecule has 0 fully saturated rings. The summed E-state index contributed by atoms with van der Waals surface area (Å²) < 4.78 is 4.90. The van der Waals surface area contributed by atoms with Gasteiger partial charge in [-0.25, -0.2) is 9.78 Å². The van der Waals surface area contributed by atoms with Crippen LogP contribution in [0.15, 0.2) is 18.7 Å². The maximum atomic E-state index is 10.6. The number of hydrogen-bond acceptors (Lipinski definition) is 3. The van der Waals surface area contributed by atoms with E-state index in [1.54, 1.807) is 19.1 Å². The van der Waals surface area contributed by atoms with Crippen molar-refractivity contribution in [2.24, 2.45) is 0 Å². The van der Waals surface area contributed by atoms with Crippen LogP contribution in [0, 0.1) is 6.92 Å². The molecule has 0 aliphatic heterocycles. The average Bonchev–Trinajstić information content (AvgIpc) is 2.16. The van der Waals surface area contributed by atoms with E-state index in [0.29, 0.717) is 17.1 Å². The molecule has 1 N–H and O–H groups in total. The maximum absolute atomic E-state index is 10.6. The Bertz CT molecular complexity index is 385. The van der Waals surface area contributed by atoms with E-state index in [1.165, 1.54) is 7.11 Å². The number of aliphatic carboxylic acids is 1. The minimum absolute atomic E-state index is 0.0395. The van der Waals surface area contributed by atoms with Crippen molar-refractivity contribution < 1.29 is 14.6 Å². The molecule has 0 saturated heterocycles. The Kier molecular flexibility index (Phi) is 2.86. The van der Waals surface area contributed by atoms with Gasteiger partial charge in [-0.3, -0.25) is 0 Å². The monoisotopic (exact) mass is 193 g/mol. The summed E-state index contributed by atoms with van der Waals surface area (Å²) in [6, 6.07) is 3.24. The van der Waals surface area contributed by atoms with Crippen molar-refractivity contribution >= 4 is 11.5 Å². The second-order valence-electron chi connectivity index (χ2n) is 2.77. The summed E-state index contributed by atoms with van der Waals surface area (Å²) in [5.74, 6) is -0.579. The van der Waals surface area contributed by atoms with Gasteiger partial charge in [-0.05, 0) is 13.0 Å². The second-order valence-corrected chi connectivity index (χ2v) is 2.77. The van der Waals surface area contributed by atoms with Gasteiger partial charge in [0.1, 0.15) is 0 Å². The number of carboxylic acids is 1. The highest BCUT2D eigenvalue weighted by atomic mass is 16.5. The van der Waals surface area contributed by atoms with E-state index in [2.05, 4.69) is 11.6 Å². The van der Waals surface area contributed by atoms with Gasteiger partial charge in [-0.2, -0.15) is 0 Å². The quantitative estimate of drug-likeness (QED) is 0.739. The van der Waals surface area contributed by atoms with Crippen LogP contribution in [0.2, 0.25) is 0 Å². The lowest BCUT2D eigenvalue weighted by Crippen LogP contribution is -2.02. The van der Waals surface area contributed by atoms with Gasteiger partial charge in [-0.15, -0.1) is 0 Å². The molecule has 0 saturated carbocycles. The maximum Gasteiger partial charge on any atom is 0.335 e. The fourth-order valence-corrected chi connectivity index (χ4v) is 1.09. The average molecular weight is 193 g/mol. The fraction of sp³-hybridized carbons (Fsp3) is 0.200. The Morgan fingerprint density at radius 1 is 1.57 bits per heavy atom. The van der Waals surface area contributed by atoms with Crippen LogP contribution < -0.4 is 4.74 Å². The van der Waals surface area contributed by atoms with Gasteiger partial charge in [0.2, 0.25) is 5.88 Å². The van der Waals surface area contributed by atoms with Crippen LogP contribution in [0.1, 0.15) is 11.3 Å². The third-order valence-electron chi connectivity index (χ3n) is 1.85. The molecule has 4 heteroatoms. The smallest absolute Gasteiger partial charge is 0.335 e. The molecule has 0 aromatic carbocycles. The van der Waals surface area contributed by atoms with Gasteiger partial charge in [0, 0.05) is 17.3 Å². The van der Waals surface area contributed by atoms with Crippen LogP contribution in [0.25, 0.3) is 5.57 Å². The number of rotatable bonds is 3. The highest BCUT2D eigenvalue weighted by Gasteiger charge is 2.11. The highest BCUT2D eigenvalue weighted by molar-refractivity contribution is 6.14. The van der Waals surface area contributed by atoms with Crippen molar-refractivity contribution in [1.82, 2.24) is 4.98 Å². The van der Waals surface area contributed by atoms with Crippen LogP contribution in [0.4, 0.5) is 0 Å². The minimum Gasteiger partial charge on any atom is -0.481 e. The van der Waals surface area contributed by atoms with Gasteiger partial charge in [0.15, 0.2) is 0 Å². The first kappa shape index (κ1) is 10.2. The summed E-state index contributed by atoms with van der Waals surface area (Å²) in [7, 11) is 1.51. The molecule has 1 rings (SSSR count). The number of pyridine rings is 1. The number of aryl methyl sites for hydroxylation is 1. The molecule has 1 heterocycles. The zero-order valence-corrected chi connectivity index (χ0v) is 8.07. The van der Waals surface area contributed by atoms with E-state index in [-0.39, 0.29) is 5.57 Å². The minimum atomic E-state index is -1.04. The summed E-state index contributed by atoms with van der Waals surface area (Å²) in [5.41, 5.74) is 1.16. The van der Waals surface area contributed by atoms with E-state index in [4.69, 9.17) is 9.84 Å². The third kappa shape index (κ3) is 1.90. The zero-order valence-electron chi connectivity index (χ0n) is 8.07. The molecule has 14 heavy (non-hydrogen) atoms. The standard InChI is InChI=1S/C10H11NO3/c1-6(10(12)13)8-4-5-9(14-3)11-7(8)2/h4-5H,1H2,2-3H3,(H,12,13). The van der Waals surface area contributed by atoms with E-state index >= 15 is 0 Å². The lowest BCUT2D eigenvalue weighted by molar-refractivity contribution is -0.130. The molecular weight excluding hydrogens is 182 g/mol. The van der Waals surface area contributed by atoms with Gasteiger partial charge in [0.25, 0.3) is 0 Å². The summed E-state index contributed by atoms with van der Waals surface area (Å²) in [6.45, 7) is 5.17. The van der Waals surface area contributed by atoms with E-state index in [1.807, 2.05) is 0 Å². The Morgan fingerprint density at radius 3 is 2.64 bits per heavy atom. The second kappa shape index (κ2) is 3.91. The fourth-order valence-electron chi connectivity index (χ4n) is 1.09. The molecule has 0 atom stereocenters. The van der Waals surface area contributed by atoms with E-state index in [9.17, 15) is 4.79 Å². The molecule has 0 aliphatic rings. The van der Waals surface area contributed by atoms with Crippen molar-refractivity contribution in [1.29, 1.82) is 0 Å². The Balaban J connectivity index is 3.12. The molecule has 0 radical (unpaired) electrons. The molecule has 0 amide bonds. The first-order valence-corrected chi connectivity index (χ1v) is 4.00. The Morgan fingerprint density at radius 2 is 2.21 bits per heavy atom. The van der Waals surface area contributed by atoms with Crippen molar-refractivity contribution in [3.05, 3.63) is 30.0 Å². The lowest BCUT2D eigenvalue weighted by Gasteiger charge is -2.06. The van der Waals surface area contributed by atoms with Gasteiger partial charge in [-0.1, -0.05) is 6.58 Å². The molecular formula is C10H11NO3. The van der Waals surface area contributed by atoms with Crippen molar-refractivity contribution in [3.63, 3.8) is 0 Å². The number of aromatic nitrogens is 1. The zero-order chi connectivity index (χ0) is 10.7. The molecule has 1 aromatic heterocycles. The van der Waals surface area contributed by atoms with Gasteiger partial charge < -0.3 is 9.84 Å². The predicted octanol–water partition coefficient (Wildman–Crippen LogP) is 1.50. The molecule has 0 spiro atoms. The Hall–Kier alpha value is -1.84. The highest BCUT2D eigenvalue weighted by Crippen LogP contribution is 2.18. The number of hydrogen-bond donors (Lipinski definition) is 1. The van der Waals surface area contributed by atoms with Gasteiger partial charge in [0.05, 0.1) is 12.7 Å². The van der Waals surface area contributed by atoms with Crippen LogP contribution in [0.5, 0.6) is 5.88 Å². The number of methoxy groups -OCH3 is 1. The number of ether oxygens (including phenoxy) is 1. The largest absolute Gasteiger partial charge is 0.481 e. The van der Waals surface area contributed by atoms with Crippen LogP contribution in [-0.2, 0) is 4.79 Å². The predicted molar refractivity (Wildman–Crippen MR) is 52.2 cm³/mol. The Labute approximate surface area is 81.9 Å². The van der Waals surface area contributed by atoms with Crippen LogP contribution in [0.3, 0.4) is 0 Å². The lowest BCUT2D eigenvalue weighted by atomic mass is 10.1. The number of carbonyl (C=O) groups is 1. The van der Waals surface area contributed by atoms with Crippen molar-refractivity contribution in [2.75, 3.05) is 7.11 Å². The summed E-state index contributed by atoms with van der Waals surface area (Å²) in [4.78, 5) is 14.7. The van der Waals surface area contributed by atoms with Crippen LogP contribution >= 0.6 is 0 Å². The number of carboxylic acid groups (broad SMARTS) is 1. The van der Waals surface area contributed by atoms with Crippen molar-refractivity contribution in [2.45, 2.75) is 6.92 Å². The SMILES string of the molecule is C=C(C(=O)O)c1ccc(OC)nc1C. The summed E-state index contributed by atoms with van der Waals surface area (Å²) in [5, 5.41) is 8.73. The molecule has 0 aliphatic carbocycles. The van der Waals surface area contributed by atoms with E-state index < -0.39 is 5.97 Å². The normalized spacial score (nSPS) is 9.57. The summed E-state index contributed by atoms with van der Waals surface area (Å²) in [6.07, 6.45) is 0. The molecule has 0 bridgehead atoms. The third-order valence-corrected chi connectivity index (χ3v) is 1.85. The van der Waals surface area contributed by atoms with Crippen LogP contribution in [-0.4, -0.2) is 23.2 Å². The molecule has 4 nitrogen and oxygen atoms in total. The molecule has 0 unspecified atom stereocenters. The topological polar surface area (TPSA) is 59.4 Å². The molecule has 74 valence electrons. The molecule has 1 aromatic rings. The van der Waals surface area contributed by atoms with Crippen molar-refractivity contribution in [3.8, 4) is 5.88 Å². The first-order chi connectivity index (χ1) is 6.56.